The highest BCUT2D eigenvalue weighted by Crippen LogP contribution is 2.48. The van der Waals surface area contributed by atoms with Crippen molar-refractivity contribution in [2.75, 3.05) is 0 Å². The zero-order chi connectivity index (χ0) is 22.9. The van der Waals surface area contributed by atoms with Crippen LogP contribution in [0.1, 0.15) is 11.1 Å². The monoisotopic (exact) mass is 559 g/mol. The summed E-state index contributed by atoms with van der Waals surface area (Å²) >= 11 is 7.11. The van der Waals surface area contributed by atoms with Gasteiger partial charge in [-0.1, -0.05) is 92.5 Å². The van der Waals surface area contributed by atoms with Crippen LogP contribution in [0.3, 0.4) is 0 Å². The fraction of sp³-hybridized carbons (Fsp3) is 0.0357. The minimum atomic E-state index is -0.829. The number of carbonyl (C=O) groups is 1. The molecule has 0 aliphatic carbocycles. The molecule has 0 atom stereocenters. The van der Waals surface area contributed by atoms with Gasteiger partial charge in [-0.3, -0.25) is 4.79 Å². The van der Waals surface area contributed by atoms with E-state index in [0.717, 1.165) is 37.7 Å². The molecule has 1 heterocycles. The molecule has 0 saturated carbocycles. The topological polar surface area (TPSA) is 29.1 Å². The number of hydrogen-bond acceptors (Lipinski definition) is 2. The lowest BCUT2D eigenvalue weighted by atomic mass is 9.79. The molecule has 0 saturated heterocycles. The van der Waals surface area contributed by atoms with Crippen LogP contribution in [0, 0.1) is 0 Å². The Kier molecular flexibility index (Phi) is 5.89. The Hall–Kier alpha value is -2.83. The van der Waals surface area contributed by atoms with Gasteiger partial charge in [-0.2, -0.15) is 4.59 Å². The summed E-state index contributed by atoms with van der Waals surface area (Å²) in [6.45, 7) is 0. The molecule has 33 heavy (non-hydrogen) atoms. The van der Waals surface area contributed by atoms with Crippen LogP contribution in [0.15, 0.2) is 130 Å². The van der Waals surface area contributed by atoms with Gasteiger partial charge in [0.05, 0.1) is 5.57 Å². The van der Waals surface area contributed by atoms with E-state index in [1.165, 1.54) is 0 Å². The van der Waals surface area contributed by atoms with Gasteiger partial charge in [0.1, 0.15) is 6.20 Å². The number of quaternary nitrogens is 1. The first-order valence-corrected chi connectivity index (χ1v) is 12.2. The van der Waals surface area contributed by atoms with Gasteiger partial charge in [0.2, 0.25) is 0 Å². The fourth-order valence-electron chi connectivity index (χ4n) is 4.57. The number of halogens is 2. The predicted molar refractivity (Wildman–Crippen MR) is 141 cm³/mol. The third-order valence-electron chi connectivity index (χ3n) is 6.12. The van der Waals surface area contributed by atoms with Crippen molar-refractivity contribution < 1.29 is 4.79 Å². The van der Waals surface area contributed by atoms with Gasteiger partial charge in [-0.15, -0.1) is 5.43 Å². The maximum Gasteiger partial charge on any atom is 0.162 e. The number of nitrogens with one attached hydrogen (secondary N) is 1. The standard InChI is InChI=1S/C28H21Br2N2O/c29-24-11-15-26(16-12-24)32(27-17-13-25(30)14-18-27)19-23(20-33)28(31-32,21-7-3-1-4-8-21)22-9-5-2-6-10-22/h1-20,31H/q+1. The number of aldehydes is 1. The lowest BCUT2D eigenvalue weighted by molar-refractivity contribution is -0.105. The van der Waals surface area contributed by atoms with Crippen LogP contribution in [-0.2, 0) is 10.3 Å². The van der Waals surface area contributed by atoms with E-state index in [-0.39, 0.29) is 4.59 Å². The largest absolute Gasteiger partial charge is 0.298 e. The van der Waals surface area contributed by atoms with Crippen molar-refractivity contribution in [2.24, 2.45) is 0 Å². The first-order chi connectivity index (χ1) is 16.1. The van der Waals surface area contributed by atoms with Gasteiger partial charge >= 0.3 is 0 Å². The first kappa shape index (κ1) is 22.0. The van der Waals surface area contributed by atoms with Gasteiger partial charge in [-0.25, -0.2) is 0 Å². The van der Waals surface area contributed by atoms with Crippen LogP contribution in [0.4, 0.5) is 11.4 Å². The van der Waals surface area contributed by atoms with Crippen LogP contribution < -0.4 is 10.0 Å². The second-order valence-corrected chi connectivity index (χ2v) is 9.80. The number of carbonyl (C=O) groups excluding carboxylic acids is 1. The molecule has 0 unspecified atom stereocenters. The molecule has 0 spiro atoms. The minimum Gasteiger partial charge on any atom is -0.298 e. The van der Waals surface area contributed by atoms with Gasteiger partial charge < -0.3 is 0 Å². The summed E-state index contributed by atoms with van der Waals surface area (Å²) in [5, 5.41) is 0. The molecule has 5 heteroatoms. The van der Waals surface area contributed by atoms with Crippen LogP contribution in [0.2, 0.25) is 0 Å². The van der Waals surface area contributed by atoms with E-state index in [1.807, 2.05) is 66.9 Å². The second-order valence-electron chi connectivity index (χ2n) is 7.97. The average molecular weight is 561 g/mol. The van der Waals surface area contributed by atoms with E-state index in [2.05, 4.69) is 85.8 Å². The molecule has 1 N–H and O–H groups in total. The smallest absolute Gasteiger partial charge is 0.162 e. The highest BCUT2D eigenvalue weighted by Gasteiger charge is 2.54. The molecule has 5 rings (SSSR count). The van der Waals surface area contributed by atoms with Gasteiger partial charge in [0.15, 0.2) is 23.2 Å². The molecule has 0 aromatic heterocycles. The average Bonchev–Trinajstić information content (AvgIpc) is 3.23. The summed E-state index contributed by atoms with van der Waals surface area (Å²) in [5.74, 6) is 0. The normalized spacial score (nSPS) is 16.2. The number of nitrogens with zero attached hydrogens (tertiary/aromatic N) is 1. The summed E-state index contributed by atoms with van der Waals surface area (Å²) in [5.41, 5.74) is 7.73. The molecule has 0 radical (unpaired) electrons. The predicted octanol–water partition coefficient (Wildman–Crippen LogP) is 7.40. The van der Waals surface area contributed by atoms with Gasteiger partial charge in [0.25, 0.3) is 0 Å². The highest BCUT2D eigenvalue weighted by atomic mass is 79.9. The minimum absolute atomic E-state index is 0.193. The van der Waals surface area contributed by atoms with E-state index >= 15 is 0 Å². The Morgan fingerprint density at radius 1 is 0.636 bits per heavy atom. The molecule has 1 aliphatic heterocycles. The van der Waals surface area contributed by atoms with Crippen molar-refractivity contribution in [1.29, 1.82) is 0 Å². The summed E-state index contributed by atoms with van der Waals surface area (Å²) in [6, 6.07) is 36.7. The van der Waals surface area contributed by atoms with E-state index in [4.69, 9.17) is 0 Å². The van der Waals surface area contributed by atoms with E-state index in [1.54, 1.807) is 0 Å². The Morgan fingerprint density at radius 3 is 1.45 bits per heavy atom. The quantitative estimate of drug-likeness (QED) is 0.203. The maximum absolute atomic E-state index is 12.7. The second kappa shape index (κ2) is 8.84. The SMILES string of the molecule is O=CC1=C[N+](c2ccc(Br)cc2)(c2ccc(Br)cc2)NC1(c1ccccc1)c1ccccc1. The van der Waals surface area contributed by atoms with Crippen LogP contribution in [0.25, 0.3) is 0 Å². The van der Waals surface area contributed by atoms with E-state index in [0.29, 0.717) is 5.57 Å². The van der Waals surface area contributed by atoms with Crippen molar-refractivity contribution >= 4 is 49.5 Å². The third-order valence-corrected chi connectivity index (χ3v) is 7.18. The van der Waals surface area contributed by atoms with Crippen molar-refractivity contribution in [3.8, 4) is 0 Å². The molecular weight excluding hydrogens is 540 g/mol. The molecule has 1 aliphatic rings. The molecule has 0 fully saturated rings. The Labute approximate surface area is 210 Å². The van der Waals surface area contributed by atoms with Gasteiger partial charge in [-0.05, 0) is 35.4 Å². The third kappa shape index (κ3) is 3.71. The molecule has 4 aromatic carbocycles. The lowest BCUT2D eigenvalue weighted by Gasteiger charge is -2.37. The van der Waals surface area contributed by atoms with Crippen molar-refractivity contribution in [2.45, 2.75) is 5.54 Å². The number of hydrogen-bond donors (Lipinski definition) is 1. The zero-order valence-corrected chi connectivity index (χ0v) is 20.8. The van der Waals surface area contributed by atoms with Gasteiger partial charge in [0, 0.05) is 33.2 Å². The first-order valence-electron chi connectivity index (χ1n) is 10.6. The zero-order valence-electron chi connectivity index (χ0n) is 17.7. The molecule has 3 nitrogen and oxygen atoms in total. The summed E-state index contributed by atoms with van der Waals surface area (Å²) in [7, 11) is 0. The Bertz CT molecular complexity index is 1220. The molecule has 0 bridgehead atoms. The van der Waals surface area contributed by atoms with Crippen molar-refractivity contribution in [1.82, 2.24) is 10.0 Å². The Balaban J connectivity index is 1.82. The highest BCUT2D eigenvalue weighted by molar-refractivity contribution is 9.10. The number of rotatable bonds is 5. The maximum atomic E-state index is 12.7. The van der Waals surface area contributed by atoms with Crippen LogP contribution >= 0.6 is 31.9 Å². The van der Waals surface area contributed by atoms with Crippen molar-refractivity contribution in [3.63, 3.8) is 0 Å². The molecule has 0 amide bonds. The van der Waals surface area contributed by atoms with E-state index < -0.39 is 5.54 Å². The summed E-state index contributed by atoms with van der Waals surface area (Å²) < 4.78 is 2.19. The Morgan fingerprint density at radius 2 is 1.06 bits per heavy atom. The van der Waals surface area contributed by atoms with E-state index in [9.17, 15) is 4.79 Å². The summed E-state index contributed by atoms with van der Waals surface area (Å²) in [4.78, 5) is 12.7. The fourth-order valence-corrected chi connectivity index (χ4v) is 5.10. The summed E-state index contributed by atoms with van der Waals surface area (Å²) in [6.07, 6.45) is 3.00. The molecule has 4 aromatic rings. The van der Waals surface area contributed by atoms with Crippen LogP contribution in [0.5, 0.6) is 0 Å². The number of benzene rings is 4. The van der Waals surface area contributed by atoms with Crippen LogP contribution in [-0.4, -0.2) is 6.29 Å². The molecular formula is C28H21Br2N2O+. The lowest BCUT2D eigenvalue weighted by Crippen LogP contribution is -2.56. The molecule has 162 valence electrons. The van der Waals surface area contributed by atoms with Crippen molar-refractivity contribution in [3.05, 3.63) is 141 Å².